The van der Waals surface area contributed by atoms with Crippen LogP contribution in [-0.4, -0.2) is 21.1 Å². The van der Waals surface area contributed by atoms with Gasteiger partial charge in [0.05, 0.1) is 16.9 Å². The van der Waals surface area contributed by atoms with E-state index in [-0.39, 0.29) is 5.91 Å². The summed E-state index contributed by atoms with van der Waals surface area (Å²) in [7, 11) is 0. The van der Waals surface area contributed by atoms with E-state index in [2.05, 4.69) is 20.5 Å². The standard InChI is InChI=1S/C27H20N4O2.C4H8/c32-27(19-7-2-1-3-8-19)29-21-10-6-11-22(17-21)33-23-13-14-24-25(30-31-26(24)18-23)15-12-20-9-4-5-16-28-20;1-3-4-2/h1-18H,(H,29,32)(H,30,31);3-4H,1-2H3/b15-12+;4-3+. The molecule has 6 nitrogen and oxygen atoms in total. The van der Waals surface area contributed by atoms with Crippen molar-refractivity contribution >= 4 is 34.6 Å². The van der Waals surface area contributed by atoms with Crippen molar-refractivity contribution in [1.82, 2.24) is 15.2 Å². The largest absolute Gasteiger partial charge is 0.457 e. The van der Waals surface area contributed by atoms with E-state index in [9.17, 15) is 4.79 Å². The molecule has 2 aromatic heterocycles. The van der Waals surface area contributed by atoms with E-state index >= 15 is 0 Å². The second-order valence-corrected chi connectivity index (χ2v) is 8.02. The van der Waals surface area contributed by atoms with E-state index in [1.54, 1.807) is 24.4 Å². The van der Waals surface area contributed by atoms with Crippen molar-refractivity contribution in [2.24, 2.45) is 0 Å². The molecule has 184 valence electrons. The van der Waals surface area contributed by atoms with Gasteiger partial charge in [-0.05, 0) is 74.5 Å². The molecule has 0 fully saturated rings. The number of hydrogen-bond donors (Lipinski definition) is 2. The van der Waals surface area contributed by atoms with E-state index in [1.165, 1.54) is 0 Å². The highest BCUT2D eigenvalue weighted by Crippen LogP contribution is 2.28. The Morgan fingerprint density at radius 1 is 0.838 bits per heavy atom. The number of aromatic amines is 1. The summed E-state index contributed by atoms with van der Waals surface area (Å²) in [5.74, 6) is 1.12. The molecule has 3 aromatic carbocycles. The Bertz CT molecular complexity index is 1500. The lowest BCUT2D eigenvalue weighted by Crippen LogP contribution is -2.11. The second kappa shape index (κ2) is 12.7. The summed E-state index contributed by atoms with van der Waals surface area (Å²) in [6.45, 7) is 4.00. The van der Waals surface area contributed by atoms with Crippen molar-refractivity contribution in [2.45, 2.75) is 13.8 Å². The number of nitrogens with zero attached hydrogens (tertiary/aromatic N) is 2. The van der Waals surface area contributed by atoms with E-state index in [4.69, 9.17) is 4.74 Å². The minimum atomic E-state index is -0.169. The van der Waals surface area contributed by atoms with Crippen molar-refractivity contribution < 1.29 is 9.53 Å². The van der Waals surface area contributed by atoms with Gasteiger partial charge in [-0.25, -0.2) is 0 Å². The molecule has 5 aromatic rings. The average molecular weight is 489 g/mol. The third-order valence-corrected chi connectivity index (χ3v) is 5.36. The number of rotatable bonds is 6. The molecule has 0 saturated carbocycles. The summed E-state index contributed by atoms with van der Waals surface area (Å²) >= 11 is 0. The topological polar surface area (TPSA) is 79.9 Å². The molecule has 0 aliphatic rings. The van der Waals surface area contributed by atoms with Gasteiger partial charge in [-0.3, -0.25) is 14.9 Å². The molecule has 0 atom stereocenters. The lowest BCUT2D eigenvalue weighted by molar-refractivity contribution is 0.102. The highest BCUT2D eigenvalue weighted by atomic mass is 16.5. The predicted octanol–water partition coefficient (Wildman–Crippen LogP) is 7.76. The fourth-order valence-electron chi connectivity index (χ4n) is 3.42. The summed E-state index contributed by atoms with van der Waals surface area (Å²) in [6.07, 6.45) is 9.61. The molecule has 1 amide bonds. The van der Waals surface area contributed by atoms with Crippen molar-refractivity contribution in [2.75, 3.05) is 5.32 Å². The minimum absolute atomic E-state index is 0.169. The lowest BCUT2D eigenvalue weighted by atomic mass is 10.2. The summed E-state index contributed by atoms with van der Waals surface area (Å²) < 4.78 is 6.03. The SMILES string of the molecule is C/C=C/C.O=C(Nc1cccc(Oc2ccc3c(/C=C/c4ccccn4)n[nH]c3c2)c1)c1ccccc1. The van der Waals surface area contributed by atoms with E-state index < -0.39 is 0 Å². The number of carbonyl (C=O) groups excluding carboxylic acids is 1. The predicted molar refractivity (Wildman–Crippen MR) is 151 cm³/mol. The molecule has 0 unspecified atom stereocenters. The van der Waals surface area contributed by atoms with Crippen LogP contribution >= 0.6 is 0 Å². The number of anilines is 1. The summed E-state index contributed by atoms with van der Waals surface area (Å²) in [6, 6.07) is 27.9. The maximum atomic E-state index is 12.4. The van der Waals surface area contributed by atoms with E-state index in [0.717, 1.165) is 22.3 Å². The quantitative estimate of drug-likeness (QED) is 0.239. The van der Waals surface area contributed by atoms with Gasteiger partial charge in [-0.15, -0.1) is 0 Å². The number of aromatic nitrogens is 3. The number of fused-ring (bicyclic) bond motifs is 1. The fourth-order valence-corrected chi connectivity index (χ4v) is 3.42. The molecule has 2 heterocycles. The molecular weight excluding hydrogens is 460 g/mol. The first-order chi connectivity index (χ1) is 18.2. The Morgan fingerprint density at radius 3 is 2.38 bits per heavy atom. The number of H-pyrrole nitrogens is 1. The van der Waals surface area contributed by atoms with Crippen molar-refractivity contribution in [1.29, 1.82) is 0 Å². The number of nitrogens with one attached hydrogen (secondary N) is 2. The molecule has 2 N–H and O–H groups in total. The average Bonchev–Trinajstić information content (AvgIpc) is 3.35. The highest BCUT2D eigenvalue weighted by molar-refractivity contribution is 6.04. The number of carbonyl (C=O) groups is 1. The van der Waals surface area contributed by atoms with Crippen LogP contribution in [0.3, 0.4) is 0 Å². The first-order valence-corrected chi connectivity index (χ1v) is 11.9. The molecule has 0 bridgehead atoms. The molecule has 0 spiro atoms. The zero-order valence-electron chi connectivity index (χ0n) is 20.8. The van der Waals surface area contributed by atoms with Crippen LogP contribution in [-0.2, 0) is 0 Å². The Hall–Kier alpha value is -4.97. The molecule has 0 radical (unpaired) electrons. The molecular formula is C31H28N4O2. The van der Waals surface area contributed by atoms with Gasteiger partial charge in [0.2, 0.25) is 0 Å². The highest BCUT2D eigenvalue weighted by Gasteiger charge is 2.08. The number of benzene rings is 3. The summed E-state index contributed by atoms with van der Waals surface area (Å²) in [5, 5.41) is 11.3. The second-order valence-electron chi connectivity index (χ2n) is 8.02. The molecule has 37 heavy (non-hydrogen) atoms. The van der Waals surface area contributed by atoms with Crippen LogP contribution in [0.5, 0.6) is 11.5 Å². The van der Waals surface area contributed by atoms with Crippen LogP contribution in [0.15, 0.2) is 109 Å². The van der Waals surface area contributed by atoms with Gasteiger partial charge >= 0.3 is 0 Å². The number of pyridine rings is 1. The maximum absolute atomic E-state index is 12.4. The van der Waals surface area contributed by atoms with Gasteiger partial charge in [0.1, 0.15) is 11.5 Å². The first-order valence-electron chi connectivity index (χ1n) is 11.9. The zero-order chi connectivity index (χ0) is 25.9. The van der Waals surface area contributed by atoms with Crippen LogP contribution < -0.4 is 10.1 Å². The Kier molecular flexibility index (Phi) is 8.59. The van der Waals surface area contributed by atoms with E-state index in [1.807, 2.05) is 111 Å². The summed E-state index contributed by atoms with van der Waals surface area (Å²) in [4.78, 5) is 16.7. The smallest absolute Gasteiger partial charge is 0.255 e. The maximum Gasteiger partial charge on any atom is 0.255 e. The van der Waals surface area contributed by atoms with Crippen LogP contribution in [0, 0.1) is 0 Å². The Morgan fingerprint density at radius 2 is 1.62 bits per heavy atom. The normalized spacial score (nSPS) is 10.9. The van der Waals surface area contributed by atoms with Crippen LogP contribution in [0.2, 0.25) is 0 Å². The fraction of sp³-hybridized carbons (Fsp3) is 0.0645. The summed E-state index contributed by atoms with van der Waals surface area (Å²) in [5.41, 5.74) is 3.81. The van der Waals surface area contributed by atoms with Gasteiger partial charge in [0, 0.05) is 35.0 Å². The Labute approximate surface area is 216 Å². The third-order valence-electron chi connectivity index (χ3n) is 5.36. The molecule has 6 heteroatoms. The van der Waals surface area contributed by atoms with Crippen molar-refractivity contribution in [3.63, 3.8) is 0 Å². The molecule has 0 aliphatic carbocycles. The Balaban J connectivity index is 0.000000747. The van der Waals surface area contributed by atoms with Gasteiger partial charge < -0.3 is 10.1 Å². The minimum Gasteiger partial charge on any atom is -0.457 e. The van der Waals surface area contributed by atoms with Crippen LogP contribution in [0.4, 0.5) is 5.69 Å². The van der Waals surface area contributed by atoms with E-state index in [0.29, 0.717) is 22.7 Å². The van der Waals surface area contributed by atoms with Gasteiger partial charge in [0.25, 0.3) is 5.91 Å². The zero-order valence-corrected chi connectivity index (χ0v) is 20.8. The van der Waals surface area contributed by atoms with Crippen molar-refractivity contribution in [3.05, 3.63) is 126 Å². The lowest BCUT2D eigenvalue weighted by Gasteiger charge is -2.09. The number of hydrogen-bond acceptors (Lipinski definition) is 4. The number of amides is 1. The monoisotopic (exact) mass is 488 g/mol. The third kappa shape index (κ3) is 7.02. The number of allylic oxidation sites excluding steroid dienone is 2. The number of ether oxygens (including phenoxy) is 1. The van der Waals surface area contributed by atoms with Gasteiger partial charge in [0.15, 0.2) is 0 Å². The van der Waals surface area contributed by atoms with Crippen LogP contribution in [0.25, 0.3) is 23.1 Å². The first kappa shape index (κ1) is 25.1. The van der Waals surface area contributed by atoms with Crippen LogP contribution in [0.1, 0.15) is 35.6 Å². The van der Waals surface area contributed by atoms with Gasteiger partial charge in [-0.2, -0.15) is 5.10 Å². The molecule has 0 aliphatic heterocycles. The van der Waals surface area contributed by atoms with Crippen molar-refractivity contribution in [3.8, 4) is 11.5 Å². The molecule has 5 rings (SSSR count). The molecule has 0 saturated heterocycles. The van der Waals surface area contributed by atoms with Gasteiger partial charge in [-0.1, -0.05) is 42.5 Å².